The molecule has 1 atom stereocenters. The SMILES string of the molecule is COc1cc(OC)cc([C@@H]2CNCC2(C)C)c1. The van der Waals surface area contributed by atoms with Crippen LogP contribution in [0.1, 0.15) is 25.3 Å². The number of ether oxygens (including phenoxy) is 2. The van der Waals surface area contributed by atoms with Gasteiger partial charge in [-0.1, -0.05) is 13.8 Å². The van der Waals surface area contributed by atoms with Crippen molar-refractivity contribution in [2.45, 2.75) is 19.8 Å². The molecule has 2 rings (SSSR count). The third-order valence-electron chi connectivity index (χ3n) is 3.65. The average Bonchev–Trinajstić information content (AvgIpc) is 2.68. The van der Waals surface area contributed by atoms with Gasteiger partial charge in [0.15, 0.2) is 0 Å². The molecule has 94 valence electrons. The third-order valence-corrected chi connectivity index (χ3v) is 3.65. The summed E-state index contributed by atoms with van der Waals surface area (Å²) in [7, 11) is 3.38. The van der Waals surface area contributed by atoms with Gasteiger partial charge in [0, 0.05) is 25.1 Å². The molecule has 1 N–H and O–H groups in total. The number of methoxy groups -OCH3 is 2. The first-order chi connectivity index (χ1) is 8.06. The Balaban J connectivity index is 2.37. The molecule has 0 aliphatic carbocycles. The van der Waals surface area contributed by atoms with Crippen LogP contribution in [0.15, 0.2) is 18.2 Å². The smallest absolute Gasteiger partial charge is 0.122 e. The molecular formula is C14H21NO2. The summed E-state index contributed by atoms with van der Waals surface area (Å²) in [5.74, 6) is 2.23. The van der Waals surface area contributed by atoms with Crippen molar-refractivity contribution in [3.8, 4) is 11.5 Å². The average molecular weight is 235 g/mol. The summed E-state index contributed by atoms with van der Waals surface area (Å²) in [4.78, 5) is 0. The summed E-state index contributed by atoms with van der Waals surface area (Å²) in [6, 6.07) is 6.14. The quantitative estimate of drug-likeness (QED) is 0.872. The minimum Gasteiger partial charge on any atom is -0.497 e. The lowest BCUT2D eigenvalue weighted by molar-refractivity contribution is 0.357. The second kappa shape index (κ2) is 4.57. The summed E-state index contributed by atoms with van der Waals surface area (Å²) < 4.78 is 10.6. The molecule has 1 aliphatic heterocycles. The predicted molar refractivity (Wildman–Crippen MR) is 68.9 cm³/mol. The van der Waals surface area contributed by atoms with Gasteiger partial charge in [-0.15, -0.1) is 0 Å². The van der Waals surface area contributed by atoms with Crippen LogP contribution in [-0.2, 0) is 0 Å². The first kappa shape index (κ1) is 12.2. The van der Waals surface area contributed by atoms with E-state index in [4.69, 9.17) is 9.47 Å². The van der Waals surface area contributed by atoms with E-state index in [1.807, 2.05) is 6.07 Å². The van der Waals surface area contributed by atoms with Gasteiger partial charge in [-0.25, -0.2) is 0 Å². The molecular weight excluding hydrogens is 214 g/mol. The summed E-state index contributed by atoms with van der Waals surface area (Å²) in [6.45, 7) is 6.66. The third kappa shape index (κ3) is 2.39. The lowest BCUT2D eigenvalue weighted by atomic mass is 9.78. The van der Waals surface area contributed by atoms with Crippen LogP contribution in [0.3, 0.4) is 0 Å². The van der Waals surface area contributed by atoms with Gasteiger partial charge in [0.1, 0.15) is 11.5 Å². The van der Waals surface area contributed by atoms with Crippen LogP contribution in [0, 0.1) is 5.41 Å². The van der Waals surface area contributed by atoms with E-state index in [-0.39, 0.29) is 5.41 Å². The van der Waals surface area contributed by atoms with Gasteiger partial charge >= 0.3 is 0 Å². The van der Waals surface area contributed by atoms with Crippen molar-refractivity contribution in [1.82, 2.24) is 5.32 Å². The molecule has 0 aromatic heterocycles. The van der Waals surface area contributed by atoms with E-state index < -0.39 is 0 Å². The van der Waals surface area contributed by atoms with E-state index in [9.17, 15) is 0 Å². The molecule has 0 saturated carbocycles. The summed E-state index contributed by atoms with van der Waals surface area (Å²) >= 11 is 0. The summed E-state index contributed by atoms with van der Waals surface area (Å²) in [6.07, 6.45) is 0. The molecule has 1 aromatic carbocycles. The summed E-state index contributed by atoms with van der Waals surface area (Å²) in [5, 5.41) is 3.45. The van der Waals surface area contributed by atoms with E-state index in [0.29, 0.717) is 5.92 Å². The molecule has 3 heteroatoms. The Morgan fingerprint density at radius 2 is 1.71 bits per heavy atom. The van der Waals surface area contributed by atoms with Crippen LogP contribution in [0.4, 0.5) is 0 Å². The van der Waals surface area contributed by atoms with E-state index in [2.05, 4.69) is 31.3 Å². The molecule has 1 aromatic rings. The second-order valence-corrected chi connectivity index (χ2v) is 5.32. The Morgan fingerprint density at radius 3 is 2.12 bits per heavy atom. The fourth-order valence-electron chi connectivity index (χ4n) is 2.54. The van der Waals surface area contributed by atoms with Gasteiger partial charge in [-0.05, 0) is 23.1 Å². The van der Waals surface area contributed by atoms with E-state index in [0.717, 1.165) is 24.6 Å². The number of hydrogen-bond acceptors (Lipinski definition) is 3. The molecule has 0 spiro atoms. The minimum atomic E-state index is 0.275. The molecule has 1 aliphatic rings. The Morgan fingerprint density at radius 1 is 1.12 bits per heavy atom. The highest BCUT2D eigenvalue weighted by molar-refractivity contribution is 5.41. The maximum Gasteiger partial charge on any atom is 0.122 e. The van der Waals surface area contributed by atoms with Crippen LogP contribution >= 0.6 is 0 Å². The minimum absolute atomic E-state index is 0.275. The number of hydrogen-bond donors (Lipinski definition) is 1. The Kier molecular flexibility index (Phi) is 3.29. The fourth-order valence-corrected chi connectivity index (χ4v) is 2.54. The van der Waals surface area contributed by atoms with Crippen molar-refractivity contribution in [2.24, 2.45) is 5.41 Å². The lowest BCUT2D eigenvalue weighted by Gasteiger charge is -2.26. The van der Waals surface area contributed by atoms with Crippen molar-refractivity contribution in [3.05, 3.63) is 23.8 Å². The molecule has 0 radical (unpaired) electrons. The molecule has 0 bridgehead atoms. The van der Waals surface area contributed by atoms with Crippen LogP contribution in [-0.4, -0.2) is 27.3 Å². The van der Waals surface area contributed by atoms with Crippen LogP contribution in [0.25, 0.3) is 0 Å². The van der Waals surface area contributed by atoms with Gasteiger partial charge in [-0.3, -0.25) is 0 Å². The van der Waals surface area contributed by atoms with E-state index in [1.165, 1.54) is 5.56 Å². The van der Waals surface area contributed by atoms with Crippen LogP contribution < -0.4 is 14.8 Å². The molecule has 1 fully saturated rings. The van der Waals surface area contributed by atoms with E-state index >= 15 is 0 Å². The van der Waals surface area contributed by atoms with Gasteiger partial charge < -0.3 is 14.8 Å². The van der Waals surface area contributed by atoms with Crippen molar-refractivity contribution in [3.63, 3.8) is 0 Å². The highest BCUT2D eigenvalue weighted by Crippen LogP contribution is 2.40. The van der Waals surface area contributed by atoms with Crippen molar-refractivity contribution >= 4 is 0 Å². The zero-order valence-electron chi connectivity index (χ0n) is 11.0. The first-order valence-electron chi connectivity index (χ1n) is 6.00. The maximum absolute atomic E-state index is 5.32. The number of nitrogens with one attached hydrogen (secondary N) is 1. The first-order valence-corrected chi connectivity index (χ1v) is 6.00. The lowest BCUT2D eigenvalue weighted by Crippen LogP contribution is -2.20. The molecule has 17 heavy (non-hydrogen) atoms. The zero-order chi connectivity index (χ0) is 12.5. The highest BCUT2D eigenvalue weighted by atomic mass is 16.5. The molecule has 1 heterocycles. The zero-order valence-corrected chi connectivity index (χ0v) is 11.0. The largest absolute Gasteiger partial charge is 0.497 e. The monoisotopic (exact) mass is 235 g/mol. The van der Waals surface area contributed by atoms with Crippen LogP contribution in [0.5, 0.6) is 11.5 Å². The molecule has 1 saturated heterocycles. The van der Waals surface area contributed by atoms with Gasteiger partial charge in [-0.2, -0.15) is 0 Å². The number of benzene rings is 1. The van der Waals surface area contributed by atoms with Gasteiger partial charge in [0.25, 0.3) is 0 Å². The fraction of sp³-hybridized carbons (Fsp3) is 0.571. The topological polar surface area (TPSA) is 30.5 Å². The summed E-state index contributed by atoms with van der Waals surface area (Å²) in [5.41, 5.74) is 1.56. The highest BCUT2D eigenvalue weighted by Gasteiger charge is 2.35. The second-order valence-electron chi connectivity index (χ2n) is 5.32. The van der Waals surface area contributed by atoms with Gasteiger partial charge in [0.05, 0.1) is 14.2 Å². The molecule has 3 nitrogen and oxygen atoms in total. The maximum atomic E-state index is 5.32. The predicted octanol–water partition coefficient (Wildman–Crippen LogP) is 2.42. The number of rotatable bonds is 3. The Hall–Kier alpha value is -1.22. The molecule has 0 unspecified atom stereocenters. The molecule has 0 amide bonds. The Labute approximate surface area is 103 Å². The van der Waals surface area contributed by atoms with Crippen molar-refractivity contribution in [1.29, 1.82) is 0 Å². The standard InChI is InChI=1S/C14H21NO2/c1-14(2)9-15-8-13(14)10-5-11(16-3)7-12(6-10)17-4/h5-7,13,15H,8-9H2,1-4H3/t13-/m0/s1. The Bertz CT molecular complexity index is 379. The van der Waals surface area contributed by atoms with Crippen molar-refractivity contribution < 1.29 is 9.47 Å². The normalized spacial score (nSPS) is 22.5. The van der Waals surface area contributed by atoms with Crippen LogP contribution in [0.2, 0.25) is 0 Å². The van der Waals surface area contributed by atoms with E-state index in [1.54, 1.807) is 14.2 Å². The van der Waals surface area contributed by atoms with Crippen molar-refractivity contribution in [2.75, 3.05) is 27.3 Å². The van der Waals surface area contributed by atoms with Gasteiger partial charge in [0.2, 0.25) is 0 Å².